The van der Waals surface area contributed by atoms with Crippen LogP contribution in [0.3, 0.4) is 0 Å². The highest BCUT2D eigenvalue weighted by Gasteiger charge is 2.03. The van der Waals surface area contributed by atoms with E-state index in [1.807, 2.05) is 18.2 Å². The van der Waals surface area contributed by atoms with Gasteiger partial charge in [-0.05, 0) is 28.1 Å². The minimum atomic E-state index is 0.699. The second kappa shape index (κ2) is 2.23. The predicted molar refractivity (Wildman–Crippen MR) is 48.2 cm³/mol. The number of fused-ring (bicyclic) bond motifs is 1. The zero-order valence-electron chi connectivity index (χ0n) is 5.63. The minimum absolute atomic E-state index is 0.699. The van der Waals surface area contributed by atoms with Gasteiger partial charge in [0.25, 0.3) is 0 Å². The smallest absolute Gasteiger partial charge is 0.116 e. The number of hydrogen-bond acceptors (Lipinski definition) is 2. The number of aromatic amines is 1. The number of anilines is 1. The summed E-state index contributed by atoms with van der Waals surface area (Å²) in [7, 11) is 0. The van der Waals surface area contributed by atoms with E-state index in [2.05, 4.69) is 26.1 Å². The molecular weight excluding hydrogens is 206 g/mol. The molecule has 0 spiro atoms. The van der Waals surface area contributed by atoms with Crippen LogP contribution in [-0.4, -0.2) is 10.2 Å². The van der Waals surface area contributed by atoms with E-state index in [1.54, 1.807) is 0 Å². The topological polar surface area (TPSA) is 54.7 Å². The Morgan fingerprint density at radius 3 is 3.00 bits per heavy atom. The predicted octanol–water partition coefficient (Wildman–Crippen LogP) is 1.91. The van der Waals surface area contributed by atoms with Crippen molar-refractivity contribution in [3.8, 4) is 0 Å². The highest BCUT2D eigenvalue weighted by Crippen LogP contribution is 2.24. The first-order valence-electron chi connectivity index (χ1n) is 3.17. The number of hydrogen-bond donors (Lipinski definition) is 2. The maximum absolute atomic E-state index is 5.67. The van der Waals surface area contributed by atoms with Crippen molar-refractivity contribution in [1.82, 2.24) is 10.2 Å². The average Bonchev–Trinajstić information content (AvgIpc) is 2.35. The van der Waals surface area contributed by atoms with Gasteiger partial charge in [-0.2, -0.15) is 5.10 Å². The Labute approximate surface area is 71.7 Å². The van der Waals surface area contributed by atoms with E-state index in [9.17, 15) is 0 Å². The lowest BCUT2D eigenvalue weighted by atomic mass is 10.2. The summed E-state index contributed by atoms with van der Waals surface area (Å²) >= 11 is 3.33. The van der Waals surface area contributed by atoms with Crippen LogP contribution in [0.5, 0.6) is 0 Å². The Hall–Kier alpha value is -1.03. The van der Waals surface area contributed by atoms with Crippen molar-refractivity contribution in [2.75, 3.05) is 5.73 Å². The number of benzene rings is 1. The molecule has 0 aliphatic heterocycles. The minimum Gasteiger partial charge on any atom is -0.397 e. The highest BCUT2D eigenvalue weighted by molar-refractivity contribution is 9.10. The molecule has 2 aromatic rings. The second-order valence-corrected chi connectivity index (χ2v) is 3.07. The number of para-hydroxylation sites is 1. The van der Waals surface area contributed by atoms with Gasteiger partial charge < -0.3 is 5.73 Å². The zero-order valence-corrected chi connectivity index (χ0v) is 7.22. The standard InChI is InChI=1S/C7H6BrN3/c8-7-4-2-1-3-5(9)6(4)10-11-7/h1-3H,9H2,(H,10,11). The number of aromatic nitrogens is 2. The Kier molecular flexibility index (Phi) is 1.35. The van der Waals surface area contributed by atoms with E-state index in [0.29, 0.717) is 5.69 Å². The van der Waals surface area contributed by atoms with Gasteiger partial charge in [0.15, 0.2) is 0 Å². The molecule has 2 rings (SSSR count). The first-order chi connectivity index (χ1) is 5.29. The Balaban J connectivity index is 2.94. The molecule has 0 atom stereocenters. The van der Waals surface area contributed by atoms with E-state index in [1.165, 1.54) is 0 Å². The van der Waals surface area contributed by atoms with E-state index in [-0.39, 0.29) is 0 Å². The quantitative estimate of drug-likeness (QED) is 0.655. The van der Waals surface area contributed by atoms with Crippen molar-refractivity contribution in [2.24, 2.45) is 0 Å². The van der Waals surface area contributed by atoms with Crippen LogP contribution < -0.4 is 5.73 Å². The van der Waals surface area contributed by atoms with E-state index in [0.717, 1.165) is 15.5 Å². The van der Waals surface area contributed by atoms with Crippen LogP contribution in [0.1, 0.15) is 0 Å². The van der Waals surface area contributed by atoms with Gasteiger partial charge in [0.2, 0.25) is 0 Å². The molecule has 0 amide bonds. The summed E-state index contributed by atoms with van der Waals surface area (Å²) in [5.74, 6) is 0. The molecule has 56 valence electrons. The molecule has 0 aliphatic carbocycles. The molecule has 0 radical (unpaired) electrons. The van der Waals surface area contributed by atoms with Crippen molar-refractivity contribution in [1.29, 1.82) is 0 Å². The van der Waals surface area contributed by atoms with Crippen LogP contribution in [0.2, 0.25) is 0 Å². The monoisotopic (exact) mass is 211 g/mol. The molecule has 1 aromatic carbocycles. The molecular formula is C7H6BrN3. The van der Waals surface area contributed by atoms with Crippen molar-refractivity contribution < 1.29 is 0 Å². The summed E-state index contributed by atoms with van der Waals surface area (Å²) in [6, 6.07) is 5.69. The first kappa shape index (κ1) is 6.67. The number of H-pyrrole nitrogens is 1. The fourth-order valence-electron chi connectivity index (χ4n) is 1.03. The van der Waals surface area contributed by atoms with E-state index < -0.39 is 0 Å². The summed E-state index contributed by atoms with van der Waals surface area (Å²) in [6.45, 7) is 0. The van der Waals surface area contributed by atoms with E-state index >= 15 is 0 Å². The van der Waals surface area contributed by atoms with Gasteiger partial charge in [-0.1, -0.05) is 6.07 Å². The van der Waals surface area contributed by atoms with Gasteiger partial charge in [-0.15, -0.1) is 0 Å². The molecule has 1 aromatic heterocycles. The molecule has 0 fully saturated rings. The summed E-state index contributed by atoms with van der Waals surface area (Å²) < 4.78 is 0.875. The molecule has 0 saturated heterocycles. The van der Waals surface area contributed by atoms with Crippen molar-refractivity contribution in [3.05, 3.63) is 22.8 Å². The Morgan fingerprint density at radius 1 is 1.45 bits per heavy atom. The Morgan fingerprint density at radius 2 is 2.27 bits per heavy atom. The third kappa shape index (κ3) is 0.903. The van der Waals surface area contributed by atoms with Crippen molar-refractivity contribution in [3.63, 3.8) is 0 Å². The van der Waals surface area contributed by atoms with Crippen LogP contribution >= 0.6 is 15.9 Å². The van der Waals surface area contributed by atoms with Gasteiger partial charge >= 0.3 is 0 Å². The lowest BCUT2D eigenvalue weighted by Crippen LogP contribution is -1.84. The lowest BCUT2D eigenvalue weighted by Gasteiger charge is -1.91. The summed E-state index contributed by atoms with van der Waals surface area (Å²) in [6.07, 6.45) is 0. The number of nitrogens with zero attached hydrogens (tertiary/aromatic N) is 1. The van der Waals surface area contributed by atoms with Crippen molar-refractivity contribution >= 4 is 32.5 Å². The number of nitrogens with one attached hydrogen (secondary N) is 1. The number of rotatable bonds is 0. The third-order valence-electron chi connectivity index (χ3n) is 1.57. The lowest BCUT2D eigenvalue weighted by molar-refractivity contribution is 1.10. The van der Waals surface area contributed by atoms with Gasteiger partial charge in [0, 0.05) is 5.39 Å². The molecule has 0 unspecified atom stereocenters. The van der Waals surface area contributed by atoms with Crippen LogP contribution in [0.15, 0.2) is 22.8 Å². The summed E-state index contributed by atoms with van der Waals surface area (Å²) in [4.78, 5) is 0. The molecule has 1 heterocycles. The molecule has 0 aliphatic rings. The fraction of sp³-hybridized carbons (Fsp3) is 0. The number of nitrogen functional groups attached to an aromatic ring is 1. The van der Waals surface area contributed by atoms with Crippen molar-refractivity contribution in [2.45, 2.75) is 0 Å². The highest BCUT2D eigenvalue weighted by atomic mass is 79.9. The molecule has 3 N–H and O–H groups in total. The largest absolute Gasteiger partial charge is 0.397 e. The number of halogens is 1. The third-order valence-corrected chi connectivity index (χ3v) is 2.17. The zero-order chi connectivity index (χ0) is 7.84. The molecule has 0 saturated carbocycles. The van der Waals surface area contributed by atoms with Gasteiger partial charge in [0.1, 0.15) is 10.1 Å². The van der Waals surface area contributed by atoms with E-state index in [4.69, 9.17) is 5.73 Å². The molecule has 11 heavy (non-hydrogen) atoms. The summed E-state index contributed by atoms with van der Waals surface area (Å²) in [5.41, 5.74) is 7.18. The SMILES string of the molecule is Nc1cccc2c(Br)[nH]nc12. The molecule has 3 nitrogen and oxygen atoms in total. The number of nitrogens with two attached hydrogens (primary N) is 1. The van der Waals surface area contributed by atoms with Crippen LogP contribution in [0.4, 0.5) is 5.69 Å². The van der Waals surface area contributed by atoms with Crippen LogP contribution in [-0.2, 0) is 0 Å². The Bertz CT molecular complexity index is 393. The fourth-order valence-corrected chi connectivity index (χ4v) is 1.44. The molecule has 0 bridgehead atoms. The maximum atomic E-state index is 5.67. The average molecular weight is 212 g/mol. The van der Waals surface area contributed by atoms with Gasteiger partial charge in [-0.3, -0.25) is 5.10 Å². The van der Waals surface area contributed by atoms with Gasteiger partial charge in [-0.25, -0.2) is 0 Å². The van der Waals surface area contributed by atoms with Crippen LogP contribution in [0, 0.1) is 0 Å². The maximum Gasteiger partial charge on any atom is 0.116 e. The first-order valence-corrected chi connectivity index (χ1v) is 3.96. The summed E-state index contributed by atoms with van der Waals surface area (Å²) in [5, 5.41) is 7.84. The normalized spacial score (nSPS) is 10.6. The van der Waals surface area contributed by atoms with Gasteiger partial charge in [0.05, 0.1) is 5.69 Å². The van der Waals surface area contributed by atoms with Crippen LogP contribution in [0.25, 0.3) is 10.9 Å². The second-order valence-electron chi connectivity index (χ2n) is 2.28. The molecule has 4 heteroatoms.